The van der Waals surface area contributed by atoms with Gasteiger partial charge >= 0.3 is 5.97 Å². The molecular formula is C38H60O2. The Morgan fingerprint density at radius 1 is 0.475 bits per heavy atom. The Kier molecular flexibility index (Phi) is 30.5. The Balaban J connectivity index is 3.78. The summed E-state index contributed by atoms with van der Waals surface area (Å²) in [4.78, 5) is 11.6. The zero-order valence-electron chi connectivity index (χ0n) is 25.9. The SMILES string of the molecule is CC/C=C\C/C=C\C/C=C\C/C=C\C/C=C\CCC(CCCCC/C=C\C/C=C\C/C=C\CCCCC)C(=O)O. The van der Waals surface area contributed by atoms with E-state index in [1.165, 1.54) is 25.7 Å². The van der Waals surface area contributed by atoms with Gasteiger partial charge in [-0.15, -0.1) is 0 Å². The van der Waals surface area contributed by atoms with E-state index in [1.54, 1.807) is 0 Å². The minimum absolute atomic E-state index is 0.219. The maximum absolute atomic E-state index is 11.6. The smallest absolute Gasteiger partial charge is 0.306 e. The molecular weight excluding hydrogens is 488 g/mol. The number of hydrogen-bond donors (Lipinski definition) is 1. The van der Waals surface area contributed by atoms with E-state index >= 15 is 0 Å². The van der Waals surface area contributed by atoms with Gasteiger partial charge in [0.25, 0.3) is 0 Å². The first-order valence-electron chi connectivity index (χ1n) is 16.1. The number of carbonyl (C=O) groups is 1. The van der Waals surface area contributed by atoms with Crippen molar-refractivity contribution in [3.8, 4) is 0 Å². The topological polar surface area (TPSA) is 37.3 Å². The molecule has 0 fully saturated rings. The summed E-state index contributed by atoms with van der Waals surface area (Å²) >= 11 is 0. The Hall–Kier alpha value is -2.61. The third-order valence-electron chi connectivity index (χ3n) is 6.63. The van der Waals surface area contributed by atoms with Crippen LogP contribution in [0.25, 0.3) is 0 Å². The molecule has 0 radical (unpaired) electrons. The van der Waals surface area contributed by atoms with Gasteiger partial charge in [0.15, 0.2) is 0 Å². The molecule has 0 bridgehead atoms. The van der Waals surface area contributed by atoms with Gasteiger partial charge in [-0.25, -0.2) is 0 Å². The average molecular weight is 549 g/mol. The quantitative estimate of drug-likeness (QED) is 0.0818. The van der Waals surface area contributed by atoms with Crippen LogP contribution in [0.5, 0.6) is 0 Å². The molecule has 40 heavy (non-hydrogen) atoms. The molecule has 0 spiro atoms. The van der Waals surface area contributed by atoms with E-state index < -0.39 is 5.97 Å². The van der Waals surface area contributed by atoms with Gasteiger partial charge in [-0.3, -0.25) is 4.79 Å². The van der Waals surface area contributed by atoms with E-state index in [0.29, 0.717) is 0 Å². The molecule has 0 heterocycles. The second kappa shape index (κ2) is 32.6. The lowest BCUT2D eigenvalue weighted by Gasteiger charge is -2.10. The van der Waals surface area contributed by atoms with Crippen molar-refractivity contribution >= 4 is 5.97 Å². The molecule has 1 atom stereocenters. The summed E-state index contributed by atoms with van der Waals surface area (Å²) in [5.74, 6) is -0.863. The molecule has 0 aliphatic heterocycles. The second-order valence-corrected chi connectivity index (χ2v) is 10.3. The Morgan fingerprint density at radius 3 is 1.30 bits per heavy atom. The van der Waals surface area contributed by atoms with Crippen LogP contribution in [0.4, 0.5) is 0 Å². The van der Waals surface area contributed by atoms with Crippen LogP contribution in [0.15, 0.2) is 97.2 Å². The number of unbranched alkanes of at least 4 members (excludes halogenated alkanes) is 6. The van der Waals surface area contributed by atoms with Crippen molar-refractivity contribution in [2.75, 3.05) is 0 Å². The van der Waals surface area contributed by atoms with Crippen LogP contribution in [0.3, 0.4) is 0 Å². The van der Waals surface area contributed by atoms with Crippen LogP contribution in [0, 0.1) is 5.92 Å². The maximum Gasteiger partial charge on any atom is 0.306 e. The summed E-state index contributed by atoms with van der Waals surface area (Å²) in [5.41, 5.74) is 0. The first kappa shape index (κ1) is 37.4. The number of allylic oxidation sites excluding steroid dienone is 16. The molecule has 0 aromatic heterocycles. The number of aliphatic carboxylic acids is 1. The summed E-state index contributed by atoms with van der Waals surface area (Å²) in [5, 5.41) is 9.55. The first-order chi connectivity index (χ1) is 19.7. The van der Waals surface area contributed by atoms with Crippen LogP contribution in [0.2, 0.25) is 0 Å². The number of hydrogen-bond acceptors (Lipinski definition) is 1. The number of carboxylic acid groups (broad SMARTS) is 1. The zero-order valence-corrected chi connectivity index (χ0v) is 25.9. The molecule has 0 aromatic carbocycles. The van der Waals surface area contributed by atoms with Gasteiger partial charge in [0, 0.05) is 0 Å². The van der Waals surface area contributed by atoms with E-state index in [0.717, 1.165) is 89.9 Å². The lowest BCUT2D eigenvalue weighted by atomic mass is 9.96. The second-order valence-electron chi connectivity index (χ2n) is 10.3. The summed E-state index contributed by atoms with van der Waals surface area (Å²) in [6.07, 6.45) is 54.3. The lowest BCUT2D eigenvalue weighted by Crippen LogP contribution is -2.13. The Labute approximate surface area is 248 Å². The molecule has 1 N–H and O–H groups in total. The molecule has 0 saturated carbocycles. The van der Waals surface area contributed by atoms with Gasteiger partial charge in [0.2, 0.25) is 0 Å². The van der Waals surface area contributed by atoms with Crippen molar-refractivity contribution in [2.24, 2.45) is 5.92 Å². The average Bonchev–Trinajstić information content (AvgIpc) is 2.95. The van der Waals surface area contributed by atoms with Crippen LogP contribution >= 0.6 is 0 Å². The third kappa shape index (κ3) is 29.9. The predicted octanol–water partition coefficient (Wildman–Crippen LogP) is 12.2. The minimum atomic E-state index is -0.644. The monoisotopic (exact) mass is 548 g/mol. The highest BCUT2D eigenvalue weighted by Crippen LogP contribution is 2.17. The number of carboxylic acids is 1. The van der Waals surface area contributed by atoms with E-state index in [1.807, 2.05) is 0 Å². The van der Waals surface area contributed by atoms with Crippen molar-refractivity contribution in [1.29, 1.82) is 0 Å². The van der Waals surface area contributed by atoms with Crippen LogP contribution < -0.4 is 0 Å². The van der Waals surface area contributed by atoms with Gasteiger partial charge in [0.1, 0.15) is 0 Å². The van der Waals surface area contributed by atoms with Gasteiger partial charge in [-0.2, -0.15) is 0 Å². The molecule has 0 amide bonds. The largest absolute Gasteiger partial charge is 0.481 e. The molecule has 224 valence electrons. The molecule has 2 heteroatoms. The highest BCUT2D eigenvalue weighted by molar-refractivity contribution is 5.69. The van der Waals surface area contributed by atoms with Crippen molar-refractivity contribution in [3.63, 3.8) is 0 Å². The van der Waals surface area contributed by atoms with Gasteiger partial charge in [0.05, 0.1) is 5.92 Å². The molecule has 1 unspecified atom stereocenters. The fraction of sp³-hybridized carbons (Fsp3) is 0.553. The normalized spacial score (nSPS) is 13.8. The summed E-state index contributed by atoms with van der Waals surface area (Å²) < 4.78 is 0. The van der Waals surface area contributed by atoms with E-state index in [2.05, 4.69) is 111 Å². The van der Waals surface area contributed by atoms with E-state index in [4.69, 9.17) is 0 Å². The van der Waals surface area contributed by atoms with Gasteiger partial charge in [-0.1, -0.05) is 137 Å². The van der Waals surface area contributed by atoms with Crippen LogP contribution in [-0.4, -0.2) is 11.1 Å². The minimum Gasteiger partial charge on any atom is -0.481 e. The standard InChI is InChI=1S/C38H60O2/c1-3-5-7-9-11-13-15-17-19-21-23-25-27-29-31-33-35-37(38(39)40)36-34-32-30-28-26-24-22-20-18-16-14-12-10-8-6-4-2/h5,7,11-14,17-20,23-26,29,31,37H,3-4,6,8-10,15-16,21-22,27-28,30,32-36H2,1-2H3,(H,39,40)/b7-5-,13-11-,14-12-,19-17-,20-18-,25-23-,26-24-,31-29-. The molecule has 0 aromatic rings. The van der Waals surface area contributed by atoms with Crippen LogP contribution in [0.1, 0.15) is 129 Å². The van der Waals surface area contributed by atoms with E-state index in [9.17, 15) is 9.90 Å². The molecule has 2 nitrogen and oxygen atoms in total. The van der Waals surface area contributed by atoms with Crippen molar-refractivity contribution < 1.29 is 9.90 Å². The fourth-order valence-electron chi connectivity index (χ4n) is 4.18. The summed E-state index contributed by atoms with van der Waals surface area (Å²) in [6.45, 7) is 4.39. The Morgan fingerprint density at radius 2 is 0.875 bits per heavy atom. The molecule has 0 aliphatic carbocycles. The zero-order chi connectivity index (χ0) is 29.2. The first-order valence-corrected chi connectivity index (χ1v) is 16.1. The molecule has 0 saturated heterocycles. The van der Waals surface area contributed by atoms with Crippen molar-refractivity contribution in [3.05, 3.63) is 97.2 Å². The maximum atomic E-state index is 11.6. The van der Waals surface area contributed by atoms with Crippen molar-refractivity contribution in [1.82, 2.24) is 0 Å². The highest BCUT2D eigenvalue weighted by Gasteiger charge is 2.15. The van der Waals surface area contributed by atoms with Gasteiger partial charge in [-0.05, 0) is 89.9 Å². The van der Waals surface area contributed by atoms with Crippen molar-refractivity contribution in [2.45, 2.75) is 129 Å². The Bertz CT molecular complexity index is 788. The van der Waals surface area contributed by atoms with Crippen LogP contribution in [-0.2, 0) is 4.79 Å². The van der Waals surface area contributed by atoms with Gasteiger partial charge < -0.3 is 5.11 Å². The molecule has 0 rings (SSSR count). The van der Waals surface area contributed by atoms with E-state index in [-0.39, 0.29) is 5.92 Å². The fourth-order valence-corrected chi connectivity index (χ4v) is 4.18. The third-order valence-corrected chi connectivity index (χ3v) is 6.63. The lowest BCUT2D eigenvalue weighted by molar-refractivity contribution is -0.142. The summed E-state index contributed by atoms with van der Waals surface area (Å²) in [7, 11) is 0. The summed E-state index contributed by atoms with van der Waals surface area (Å²) in [6, 6.07) is 0. The number of rotatable bonds is 27. The molecule has 0 aliphatic rings. The predicted molar refractivity (Wildman–Crippen MR) is 179 cm³/mol. The highest BCUT2D eigenvalue weighted by atomic mass is 16.4.